The third-order valence-electron chi connectivity index (χ3n) is 2.97. The van der Waals surface area contributed by atoms with Crippen LogP contribution < -0.4 is 11.1 Å². The predicted molar refractivity (Wildman–Crippen MR) is 71.7 cm³/mol. The van der Waals surface area contributed by atoms with Crippen LogP contribution >= 0.6 is 0 Å². The highest BCUT2D eigenvalue weighted by atomic mass is 16.1. The number of amides is 1. The van der Waals surface area contributed by atoms with E-state index in [2.05, 4.69) is 10.4 Å². The van der Waals surface area contributed by atoms with Crippen LogP contribution in [-0.2, 0) is 18.4 Å². The van der Waals surface area contributed by atoms with Crippen molar-refractivity contribution in [1.82, 2.24) is 15.1 Å². The molecule has 1 amide bonds. The van der Waals surface area contributed by atoms with Gasteiger partial charge in [-0.15, -0.1) is 0 Å². The number of aromatic nitrogens is 2. The van der Waals surface area contributed by atoms with Crippen LogP contribution in [0.3, 0.4) is 0 Å². The van der Waals surface area contributed by atoms with Crippen molar-refractivity contribution in [3.63, 3.8) is 0 Å². The Morgan fingerprint density at radius 2 is 2.22 bits per heavy atom. The molecule has 0 aliphatic carbocycles. The zero-order valence-corrected chi connectivity index (χ0v) is 11.5. The number of nitrogens with zero attached hydrogens (tertiary/aromatic N) is 2. The smallest absolute Gasteiger partial charge is 0.223 e. The summed E-state index contributed by atoms with van der Waals surface area (Å²) in [6.45, 7) is 4.50. The van der Waals surface area contributed by atoms with E-state index in [4.69, 9.17) is 5.73 Å². The second kappa shape index (κ2) is 7.16. The Balaban J connectivity index is 2.23. The highest BCUT2D eigenvalue weighted by Gasteiger charge is 2.12. The lowest BCUT2D eigenvalue weighted by Crippen LogP contribution is -2.28. The molecule has 0 aliphatic heterocycles. The summed E-state index contributed by atoms with van der Waals surface area (Å²) in [5.74, 6) is 0.143. The second-order valence-corrected chi connectivity index (χ2v) is 5.05. The molecule has 1 aromatic rings. The van der Waals surface area contributed by atoms with Crippen molar-refractivity contribution in [3.05, 3.63) is 18.0 Å². The van der Waals surface area contributed by atoms with Gasteiger partial charge in [0, 0.05) is 37.3 Å². The topological polar surface area (TPSA) is 72.9 Å². The van der Waals surface area contributed by atoms with E-state index in [0.29, 0.717) is 6.54 Å². The molecule has 1 aromatic heterocycles. The SMILES string of the molecule is CC(N)CCCC(C)C(=O)NCc1cnn(C)c1. The maximum absolute atomic E-state index is 11.8. The maximum atomic E-state index is 11.8. The summed E-state index contributed by atoms with van der Waals surface area (Å²) >= 11 is 0. The van der Waals surface area contributed by atoms with Crippen LogP contribution in [0.1, 0.15) is 38.7 Å². The Bertz CT molecular complexity index is 373. The van der Waals surface area contributed by atoms with Crippen LogP contribution in [0.4, 0.5) is 0 Å². The van der Waals surface area contributed by atoms with E-state index in [9.17, 15) is 4.79 Å². The Morgan fingerprint density at radius 3 is 2.78 bits per heavy atom. The molecule has 2 atom stereocenters. The van der Waals surface area contributed by atoms with Crippen LogP contribution in [0.15, 0.2) is 12.4 Å². The first-order chi connectivity index (χ1) is 8.49. The molecule has 18 heavy (non-hydrogen) atoms. The number of nitrogens with two attached hydrogens (primary N) is 1. The highest BCUT2D eigenvalue weighted by molar-refractivity contribution is 5.78. The molecule has 5 heteroatoms. The summed E-state index contributed by atoms with van der Waals surface area (Å²) in [4.78, 5) is 11.8. The van der Waals surface area contributed by atoms with Crippen molar-refractivity contribution >= 4 is 5.91 Å². The Morgan fingerprint density at radius 1 is 1.50 bits per heavy atom. The van der Waals surface area contributed by atoms with E-state index in [0.717, 1.165) is 24.8 Å². The fourth-order valence-electron chi connectivity index (χ4n) is 1.80. The van der Waals surface area contributed by atoms with Crippen LogP contribution in [-0.4, -0.2) is 21.7 Å². The number of aryl methyl sites for hydroxylation is 1. The van der Waals surface area contributed by atoms with Gasteiger partial charge in [-0.1, -0.05) is 13.3 Å². The van der Waals surface area contributed by atoms with E-state index in [1.54, 1.807) is 10.9 Å². The molecule has 3 N–H and O–H groups in total. The van der Waals surface area contributed by atoms with Crippen molar-refractivity contribution in [3.8, 4) is 0 Å². The zero-order chi connectivity index (χ0) is 13.5. The van der Waals surface area contributed by atoms with Gasteiger partial charge in [-0.2, -0.15) is 5.10 Å². The summed E-state index contributed by atoms with van der Waals surface area (Å²) in [6.07, 6.45) is 6.53. The molecule has 0 aromatic carbocycles. The first kappa shape index (κ1) is 14.7. The van der Waals surface area contributed by atoms with Gasteiger partial charge in [0.05, 0.1) is 6.20 Å². The number of hydrogen-bond acceptors (Lipinski definition) is 3. The van der Waals surface area contributed by atoms with Gasteiger partial charge in [-0.25, -0.2) is 0 Å². The number of carbonyl (C=O) groups excluding carboxylic acids is 1. The minimum Gasteiger partial charge on any atom is -0.352 e. The third kappa shape index (κ3) is 5.31. The summed E-state index contributed by atoms with van der Waals surface area (Å²) in [5, 5.41) is 6.99. The van der Waals surface area contributed by atoms with Crippen LogP contribution in [0.5, 0.6) is 0 Å². The van der Waals surface area contributed by atoms with E-state index in [1.807, 2.05) is 27.1 Å². The molecule has 1 rings (SSSR count). The molecular weight excluding hydrogens is 228 g/mol. The monoisotopic (exact) mass is 252 g/mol. The number of nitrogens with one attached hydrogen (secondary N) is 1. The maximum Gasteiger partial charge on any atom is 0.223 e. The fourth-order valence-corrected chi connectivity index (χ4v) is 1.80. The van der Waals surface area contributed by atoms with Crippen LogP contribution in [0.25, 0.3) is 0 Å². The molecule has 5 nitrogen and oxygen atoms in total. The molecular formula is C13H24N4O. The summed E-state index contributed by atoms with van der Waals surface area (Å²) in [7, 11) is 1.86. The van der Waals surface area contributed by atoms with Gasteiger partial charge in [-0.05, 0) is 19.8 Å². The first-order valence-corrected chi connectivity index (χ1v) is 6.50. The second-order valence-electron chi connectivity index (χ2n) is 5.05. The molecule has 1 heterocycles. The fraction of sp³-hybridized carbons (Fsp3) is 0.692. The third-order valence-corrected chi connectivity index (χ3v) is 2.97. The minimum atomic E-state index is 0.0421. The van der Waals surface area contributed by atoms with Crippen molar-refractivity contribution in [1.29, 1.82) is 0 Å². The molecule has 0 spiro atoms. The molecule has 2 unspecified atom stereocenters. The van der Waals surface area contributed by atoms with Gasteiger partial charge >= 0.3 is 0 Å². The molecule has 0 radical (unpaired) electrons. The molecule has 0 saturated carbocycles. The quantitative estimate of drug-likeness (QED) is 0.765. The molecule has 102 valence electrons. The van der Waals surface area contributed by atoms with Crippen LogP contribution in [0, 0.1) is 5.92 Å². The lowest BCUT2D eigenvalue weighted by Gasteiger charge is -2.12. The van der Waals surface area contributed by atoms with Crippen molar-refractivity contribution in [2.45, 2.75) is 45.7 Å². The zero-order valence-electron chi connectivity index (χ0n) is 11.5. The average Bonchev–Trinajstić information content (AvgIpc) is 2.71. The highest BCUT2D eigenvalue weighted by Crippen LogP contribution is 2.09. The van der Waals surface area contributed by atoms with E-state index in [-0.39, 0.29) is 17.9 Å². The number of rotatable bonds is 7. The molecule has 0 saturated heterocycles. The number of hydrogen-bond donors (Lipinski definition) is 2. The lowest BCUT2D eigenvalue weighted by molar-refractivity contribution is -0.124. The van der Waals surface area contributed by atoms with E-state index >= 15 is 0 Å². The van der Waals surface area contributed by atoms with Crippen molar-refractivity contribution in [2.24, 2.45) is 18.7 Å². The number of carbonyl (C=O) groups is 1. The molecule has 0 bridgehead atoms. The minimum absolute atomic E-state index is 0.0421. The van der Waals surface area contributed by atoms with Crippen LogP contribution in [0.2, 0.25) is 0 Å². The van der Waals surface area contributed by atoms with Crippen molar-refractivity contribution in [2.75, 3.05) is 0 Å². The van der Waals surface area contributed by atoms with E-state index < -0.39 is 0 Å². The summed E-state index contributed by atoms with van der Waals surface area (Å²) in [6, 6.07) is 0.218. The van der Waals surface area contributed by atoms with E-state index in [1.165, 1.54) is 0 Å². The van der Waals surface area contributed by atoms with Crippen molar-refractivity contribution < 1.29 is 4.79 Å². The van der Waals surface area contributed by atoms with Gasteiger partial charge in [0.25, 0.3) is 0 Å². The largest absolute Gasteiger partial charge is 0.352 e. The normalized spacial score (nSPS) is 14.2. The summed E-state index contributed by atoms with van der Waals surface area (Å²) < 4.78 is 1.73. The molecule has 0 aliphatic rings. The standard InChI is InChI=1S/C13H24N4O/c1-10(5-4-6-11(2)14)13(18)15-7-12-8-16-17(3)9-12/h8-11H,4-7,14H2,1-3H3,(H,15,18). The van der Waals surface area contributed by atoms with Gasteiger partial charge in [-0.3, -0.25) is 9.48 Å². The Kier molecular flexibility index (Phi) is 5.85. The average molecular weight is 252 g/mol. The Labute approximate surface area is 109 Å². The van der Waals surface area contributed by atoms with Gasteiger partial charge in [0.15, 0.2) is 0 Å². The van der Waals surface area contributed by atoms with Gasteiger partial charge in [0.1, 0.15) is 0 Å². The van der Waals surface area contributed by atoms with Gasteiger partial charge < -0.3 is 11.1 Å². The molecule has 0 fully saturated rings. The summed E-state index contributed by atoms with van der Waals surface area (Å²) in [5.41, 5.74) is 6.70. The van der Waals surface area contributed by atoms with Gasteiger partial charge in [0.2, 0.25) is 5.91 Å². The lowest BCUT2D eigenvalue weighted by atomic mass is 10.0. The predicted octanol–water partition coefficient (Wildman–Crippen LogP) is 1.19. The Hall–Kier alpha value is -1.36. The first-order valence-electron chi connectivity index (χ1n) is 6.50.